The van der Waals surface area contributed by atoms with E-state index in [9.17, 15) is 0 Å². The highest BCUT2D eigenvalue weighted by molar-refractivity contribution is 5.81. The number of anilines is 2. The molecule has 6 heteroatoms. The van der Waals surface area contributed by atoms with Crippen LogP contribution in [0.5, 0.6) is 0 Å². The van der Waals surface area contributed by atoms with E-state index >= 15 is 0 Å². The Morgan fingerprint density at radius 2 is 2.09 bits per heavy atom. The summed E-state index contributed by atoms with van der Waals surface area (Å²) < 4.78 is 0. The lowest BCUT2D eigenvalue weighted by molar-refractivity contribution is 1.22. The molecule has 0 bridgehead atoms. The lowest BCUT2D eigenvalue weighted by atomic mass is 10.5. The average molecular weight is 149 g/mol. The maximum Gasteiger partial charge on any atom is 0.224 e. The molecule has 2 rings (SSSR count). The number of rotatable bonds is 0. The minimum Gasteiger partial charge on any atom is -0.382 e. The average Bonchev–Trinajstić information content (AvgIpc) is 2.34. The van der Waals surface area contributed by atoms with Gasteiger partial charge in [0.25, 0.3) is 0 Å². The highest BCUT2D eigenvalue weighted by Crippen LogP contribution is 2.12. The molecule has 0 aliphatic carbocycles. The topological polar surface area (TPSA) is 106 Å². The van der Waals surface area contributed by atoms with Crippen LogP contribution in [0.15, 0.2) is 0 Å². The molecule has 0 atom stereocenters. The number of fused-ring (bicyclic) bond motifs is 1. The zero-order valence-corrected chi connectivity index (χ0v) is 5.50. The van der Waals surface area contributed by atoms with Gasteiger partial charge in [-0.05, 0) is 0 Å². The Hall–Kier alpha value is -1.85. The third-order valence-corrected chi connectivity index (χ3v) is 1.28. The fraction of sp³-hybridized carbons (Fsp3) is 0. The van der Waals surface area contributed by atoms with Crippen LogP contribution in [0.25, 0.3) is 11.2 Å². The third kappa shape index (κ3) is 0.759. The molecule has 2 aromatic rings. The van der Waals surface area contributed by atoms with Gasteiger partial charge >= 0.3 is 0 Å². The van der Waals surface area contributed by atoms with E-state index in [1.807, 2.05) is 0 Å². The van der Waals surface area contributed by atoms with Crippen molar-refractivity contribution in [2.24, 2.45) is 0 Å². The molecule has 11 heavy (non-hydrogen) atoms. The standard InChI is InChI=1S/C5H5N6/c6-3-2-4(9-1-8-2)11-5(7)10-3/h(H5,6,7,8,9,10,11). The van der Waals surface area contributed by atoms with Crippen LogP contribution in [0.2, 0.25) is 0 Å². The van der Waals surface area contributed by atoms with Gasteiger partial charge in [-0.1, -0.05) is 0 Å². The van der Waals surface area contributed by atoms with E-state index in [0.717, 1.165) is 0 Å². The van der Waals surface area contributed by atoms with E-state index in [0.29, 0.717) is 17.0 Å². The monoisotopic (exact) mass is 149 g/mol. The van der Waals surface area contributed by atoms with Crippen LogP contribution in [0.3, 0.4) is 0 Å². The minimum atomic E-state index is 0.121. The van der Waals surface area contributed by atoms with Crippen LogP contribution in [-0.4, -0.2) is 19.9 Å². The summed E-state index contributed by atoms with van der Waals surface area (Å²) in [4.78, 5) is 14.0. The fourth-order valence-corrected chi connectivity index (χ4v) is 0.821. The van der Waals surface area contributed by atoms with E-state index in [1.165, 1.54) is 0 Å². The summed E-state index contributed by atoms with van der Waals surface area (Å²) in [5.41, 5.74) is 11.8. The number of aromatic amines is 1. The molecule has 0 saturated heterocycles. The summed E-state index contributed by atoms with van der Waals surface area (Å²) in [6.07, 6.45) is 2.49. The summed E-state index contributed by atoms with van der Waals surface area (Å²) in [5.74, 6) is 0.414. The number of nitrogens with one attached hydrogen (secondary N) is 1. The number of hydrogen-bond acceptors (Lipinski definition) is 5. The molecule has 2 heterocycles. The number of hydrogen-bond donors (Lipinski definition) is 3. The maximum atomic E-state index is 5.48. The van der Waals surface area contributed by atoms with E-state index in [4.69, 9.17) is 11.5 Å². The molecule has 0 aliphatic rings. The summed E-state index contributed by atoms with van der Waals surface area (Å²) in [6, 6.07) is 0. The van der Waals surface area contributed by atoms with E-state index in [2.05, 4.69) is 26.3 Å². The molecule has 2 aromatic heterocycles. The summed E-state index contributed by atoms with van der Waals surface area (Å²) >= 11 is 0. The van der Waals surface area contributed by atoms with Crippen LogP contribution in [0, 0.1) is 6.33 Å². The van der Waals surface area contributed by atoms with Crippen molar-refractivity contribution in [3.05, 3.63) is 6.33 Å². The van der Waals surface area contributed by atoms with Crippen molar-refractivity contribution in [2.75, 3.05) is 11.5 Å². The Bertz CT molecular complexity index is 391. The molecule has 0 aliphatic heterocycles. The molecule has 0 saturated carbocycles. The van der Waals surface area contributed by atoms with Gasteiger partial charge in [0.1, 0.15) is 5.52 Å². The first-order valence-electron chi connectivity index (χ1n) is 2.92. The Morgan fingerprint density at radius 1 is 1.27 bits per heavy atom. The van der Waals surface area contributed by atoms with Crippen LogP contribution in [0.1, 0.15) is 0 Å². The van der Waals surface area contributed by atoms with Crippen LogP contribution in [-0.2, 0) is 0 Å². The Morgan fingerprint density at radius 3 is 2.91 bits per heavy atom. The predicted molar refractivity (Wildman–Crippen MR) is 39.3 cm³/mol. The van der Waals surface area contributed by atoms with Gasteiger partial charge in [-0.25, -0.2) is 4.98 Å². The molecule has 1 radical (unpaired) electrons. The molecule has 6 nitrogen and oxygen atoms in total. The number of imidazole rings is 1. The van der Waals surface area contributed by atoms with Gasteiger partial charge in [-0.3, -0.25) is 0 Å². The summed E-state index contributed by atoms with van der Waals surface area (Å²) in [5, 5.41) is 0. The van der Waals surface area contributed by atoms with Crippen LogP contribution >= 0.6 is 0 Å². The lowest BCUT2D eigenvalue weighted by Crippen LogP contribution is -1.99. The van der Waals surface area contributed by atoms with Gasteiger partial charge in [0.15, 0.2) is 17.8 Å². The summed E-state index contributed by atoms with van der Waals surface area (Å²) in [6.45, 7) is 0. The van der Waals surface area contributed by atoms with E-state index in [1.54, 1.807) is 0 Å². The highest BCUT2D eigenvalue weighted by atomic mass is 15.1. The second kappa shape index (κ2) is 1.82. The largest absolute Gasteiger partial charge is 0.382 e. The first-order chi connectivity index (χ1) is 5.27. The quantitative estimate of drug-likeness (QED) is 0.460. The molecule has 0 fully saturated rings. The molecule has 0 unspecified atom stereocenters. The second-order valence-electron chi connectivity index (χ2n) is 2.01. The van der Waals surface area contributed by atoms with E-state index in [-0.39, 0.29) is 5.95 Å². The normalized spacial score (nSPS) is 10.5. The number of nitrogen functional groups attached to an aromatic ring is 2. The predicted octanol–water partition coefficient (Wildman–Crippen LogP) is -0.683. The SMILES string of the molecule is Nc1nc(N)c2[nH][c]nc2n1. The summed E-state index contributed by atoms with van der Waals surface area (Å²) in [7, 11) is 0. The second-order valence-corrected chi connectivity index (χ2v) is 2.01. The van der Waals surface area contributed by atoms with Gasteiger partial charge in [0, 0.05) is 0 Å². The number of H-pyrrole nitrogens is 1. The van der Waals surface area contributed by atoms with Gasteiger partial charge < -0.3 is 16.5 Å². The molecule has 0 spiro atoms. The van der Waals surface area contributed by atoms with Gasteiger partial charge in [-0.15, -0.1) is 0 Å². The first-order valence-corrected chi connectivity index (χ1v) is 2.92. The zero-order chi connectivity index (χ0) is 7.84. The molecule has 5 N–H and O–H groups in total. The van der Waals surface area contributed by atoms with Gasteiger partial charge in [-0.2, -0.15) is 9.97 Å². The molecule has 0 amide bonds. The van der Waals surface area contributed by atoms with E-state index < -0.39 is 0 Å². The highest BCUT2D eigenvalue weighted by Gasteiger charge is 2.03. The Labute approximate surface area is 61.7 Å². The maximum absolute atomic E-state index is 5.48. The van der Waals surface area contributed by atoms with Crippen molar-refractivity contribution >= 4 is 22.9 Å². The molecule has 0 aromatic carbocycles. The van der Waals surface area contributed by atoms with Crippen molar-refractivity contribution in [3.63, 3.8) is 0 Å². The van der Waals surface area contributed by atoms with Crippen LogP contribution < -0.4 is 11.5 Å². The molecular weight excluding hydrogens is 144 g/mol. The zero-order valence-electron chi connectivity index (χ0n) is 5.50. The van der Waals surface area contributed by atoms with Crippen LogP contribution in [0.4, 0.5) is 11.8 Å². The Kier molecular flexibility index (Phi) is 0.974. The van der Waals surface area contributed by atoms with Crippen molar-refractivity contribution in [1.29, 1.82) is 0 Å². The van der Waals surface area contributed by atoms with Crippen molar-refractivity contribution in [1.82, 2.24) is 19.9 Å². The number of nitrogens with zero attached hydrogens (tertiary/aromatic N) is 3. The third-order valence-electron chi connectivity index (χ3n) is 1.28. The van der Waals surface area contributed by atoms with Crippen molar-refractivity contribution < 1.29 is 0 Å². The van der Waals surface area contributed by atoms with Crippen molar-refractivity contribution in [2.45, 2.75) is 0 Å². The number of aromatic nitrogens is 4. The Balaban J connectivity index is 2.91. The van der Waals surface area contributed by atoms with Gasteiger partial charge in [0.2, 0.25) is 5.95 Å². The number of nitrogens with two attached hydrogens (primary N) is 2. The fourth-order valence-electron chi connectivity index (χ4n) is 0.821. The van der Waals surface area contributed by atoms with Crippen molar-refractivity contribution in [3.8, 4) is 0 Å². The first kappa shape index (κ1) is 5.90. The molecule has 55 valence electrons. The lowest BCUT2D eigenvalue weighted by Gasteiger charge is -1.94. The smallest absolute Gasteiger partial charge is 0.224 e. The molecular formula is C5H5N6. The minimum absolute atomic E-state index is 0.121. The van der Waals surface area contributed by atoms with Gasteiger partial charge in [0.05, 0.1) is 0 Å².